The normalized spacial score (nSPS) is 35.0. The highest BCUT2D eigenvalue weighted by Gasteiger charge is 2.45. The SMILES string of the molecule is CCNC(=O)OC1/C=C/C(C)C(/C(C)=C/C=C/C(C)CC2OC2C(C)C(O)CC)OC(=O)CC(O)CCC1(C)O. The van der Waals surface area contributed by atoms with Crippen LogP contribution in [0, 0.1) is 17.8 Å². The molecule has 0 aromatic rings. The number of hydrogen-bond acceptors (Lipinski definition) is 8. The number of allylic oxidation sites excluding steroid dienone is 3. The van der Waals surface area contributed by atoms with Crippen molar-refractivity contribution in [2.75, 3.05) is 6.54 Å². The molecule has 1 amide bonds. The fourth-order valence-electron chi connectivity index (χ4n) is 5.09. The van der Waals surface area contributed by atoms with Gasteiger partial charge >= 0.3 is 12.1 Å². The molecule has 9 heteroatoms. The maximum Gasteiger partial charge on any atom is 0.407 e. The Morgan fingerprint density at radius 1 is 1.30 bits per heavy atom. The summed E-state index contributed by atoms with van der Waals surface area (Å²) in [6, 6.07) is 0. The third-order valence-electron chi connectivity index (χ3n) is 7.90. The van der Waals surface area contributed by atoms with Gasteiger partial charge in [-0.25, -0.2) is 4.79 Å². The topological polar surface area (TPSA) is 138 Å². The van der Waals surface area contributed by atoms with E-state index in [0.29, 0.717) is 13.0 Å². The molecule has 40 heavy (non-hydrogen) atoms. The molecule has 0 aromatic carbocycles. The molecular weight excluding hydrogens is 514 g/mol. The predicted octanol–water partition coefficient (Wildman–Crippen LogP) is 4.20. The zero-order chi connectivity index (χ0) is 30.0. The van der Waals surface area contributed by atoms with Gasteiger partial charge in [0.1, 0.15) is 11.7 Å². The second-order valence-corrected chi connectivity index (χ2v) is 11.7. The Morgan fingerprint density at radius 3 is 2.65 bits per heavy atom. The van der Waals surface area contributed by atoms with Gasteiger partial charge in [0, 0.05) is 18.4 Å². The number of aliphatic hydroxyl groups excluding tert-OH is 2. The Balaban J connectivity index is 2.15. The van der Waals surface area contributed by atoms with Gasteiger partial charge < -0.3 is 34.8 Å². The Hall–Kier alpha value is -2.20. The van der Waals surface area contributed by atoms with Gasteiger partial charge in [-0.15, -0.1) is 0 Å². The molecule has 0 aromatic heterocycles. The van der Waals surface area contributed by atoms with E-state index >= 15 is 0 Å². The van der Waals surface area contributed by atoms with Gasteiger partial charge in [0.25, 0.3) is 0 Å². The van der Waals surface area contributed by atoms with Crippen LogP contribution in [0.15, 0.2) is 36.0 Å². The van der Waals surface area contributed by atoms with Crippen molar-refractivity contribution in [1.82, 2.24) is 5.32 Å². The average molecular weight is 566 g/mol. The lowest BCUT2D eigenvalue weighted by Crippen LogP contribution is -2.44. The Morgan fingerprint density at radius 2 is 2.00 bits per heavy atom. The van der Waals surface area contributed by atoms with Gasteiger partial charge in [-0.3, -0.25) is 4.79 Å². The molecule has 0 aliphatic carbocycles. The Bertz CT molecular complexity index is 913. The van der Waals surface area contributed by atoms with Crippen LogP contribution in [0.2, 0.25) is 0 Å². The molecule has 2 heterocycles. The number of rotatable bonds is 10. The number of amides is 1. The van der Waals surface area contributed by atoms with Crippen molar-refractivity contribution in [2.24, 2.45) is 17.8 Å². The smallest absolute Gasteiger partial charge is 0.407 e. The van der Waals surface area contributed by atoms with E-state index in [1.807, 2.05) is 39.8 Å². The van der Waals surface area contributed by atoms with Gasteiger partial charge in [0.05, 0.1) is 30.8 Å². The van der Waals surface area contributed by atoms with Gasteiger partial charge in [-0.2, -0.15) is 0 Å². The number of epoxide rings is 1. The molecule has 4 N–H and O–H groups in total. The second kappa shape index (κ2) is 15.7. The fourth-order valence-corrected chi connectivity index (χ4v) is 5.09. The molecule has 9 nitrogen and oxygen atoms in total. The molecule has 2 rings (SSSR count). The maximum atomic E-state index is 12.7. The molecule has 10 atom stereocenters. The zero-order valence-electron chi connectivity index (χ0n) is 25.2. The third kappa shape index (κ3) is 10.7. The van der Waals surface area contributed by atoms with Crippen LogP contribution >= 0.6 is 0 Å². The van der Waals surface area contributed by atoms with Crippen molar-refractivity contribution in [1.29, 1.82) is 0 Å². The van der Waals surface area contributed by atoms with E-state index in [4.69, 9.17) is 14.2 Å². The molecule has 2 aliphatic rings. The molecular formula is C31H51NO8. The first-order chi connectivity index (χ1) is 18.8. The number of hydrogen-bond donors (Lipinski definition) is 4. The summed E-state index contributed by atoms with van der Waals surface area (Å²) in [5.41, 5.74) is -0.630. The quantitative estimate of drug-likeness (QED) is 0.134. The number of nitrogens with one attached hydrogen (secondary N) is 1. The minimum Gasteiger partial charge on any atom is -0.457 e. The average Bonchev–Trinajstić information content (AvgIpc) is 3.65. The number of carbonyl (C=O) groups is 2. The summed E-state index contributed by atoms with van der Waals surface area (Å²) in [6.45, 7) is 13.6. The molecule has 1 saturated heterocycles. The van der Waals surface area contributed by atoms with E-state index < -0.39 is 36.0 Å². The monoisotopic (exact) mass is 565 g/mol. The lowest BCUT2D eigenvalue weighted by atomic mass is 9.88. The van der Waals surface area contributed by atoms with Crippen LogP contribution in [-0.2, 0) is 19.0 Å². The highest BCUT2D eigenvalue weighted by atomic mass is 16.6. The van der Waals surface area contributed by atoms with Crippen LogP contribution in [0.5, 0.6) is 0 Å². The number of aliphatic hydroxyl groups is 3. The van der Waals surface area contributed by atoms with Crippen molar-refractivity contribution in [3.8, 4) is 0 Å². The highest BCUT2D eigenvalue weighted by molar-refractivity contribution is 5.70. The molecule has 1 fully saturated rings. The summed E-state index contributed by atoms with van der Waals surface area (Å²) in [7, 11) is 0. The maximum absolute atomic E-state index is 12.7. The minimum absolute atomic E-state index is 0.100. The molecule has 0 spiro atoms. The van der Waals surface area contributed by atoms with E-state index in [1.54, 1.807) is 26.0 Å². The molecule has 2 aliphatic heterocycles. The summed E-state index contributed by atoms with van der Waals surface area (Å²) in [6.07, 6.45) is 7.69. The number of alkyl carbamates (subject to hydrolysis) is 1. The summed E-state index contributed by atoms with van der Waals surface area (Å²) < 4.78 is 17.1. The van der Waals surface area contributed by atoms with Crippen molar-refractivity contribution < 1.29 is 39.1 Å². The minimum atomic E-state index is -1.44. The standard InChI is InChI=1S/C31H51NO8/c1-8-24(34)22(6)29-25(38-29)17-19(3)11-10-12-20(4)28-21(5)13-14-26(39-30(36)32-9-2)31(7,37)16-15-23(33)18-27(35)40-28/h10-14,19,21-26,28-29,33-34,37H,8-9,15-18H2,1-7H3,(H,32,36)/b11-10+,14-13+,20-12+. The number of esters is 1. The van der Waals surface area contributed by atoms with Crippen LogP contribution in [0.3, 0.4) is 0 Å². The summed E-state index contributed by atoms with van der Waals surface area (Å²) in [5, 5.41) is 34.1. The van der Waals surface area contributed by atoms with Gasteiger partial charge in [-0.05, 0) is 64.0 Å². The second-order valence-electron chi connectivity index (χ2n) is 11.7. The number of cyclic esters (lactones) is 1. The summed E-state index contributed by atoms with van der Waals surface area (Å²) in [4.78, 5) is 24.8. The lowest BCUT2D eigenvalue weighted by Gasteiger charge is -2.32. The van der Waals surface area contributed by atoms with Gasteiger partial charge in [0.2, 0.25) is 0 Å². The first-order valence-corrected chi connectivity index (χ1v) is 14.7. The Kier molecular flexibility index (Phi) is 13.4. The summed E-state index contributed by atoms with van der Waals surface area (Å²) in [5.74, 6) is -0.443. The molecule has 0 bridgehead atoms. The van der Waals surface area contributed by atoms with Crippen LogP contribution < -0.4 is 5.32 Å². The van der Waals surface area contributed by atoms with Gasteiger partial charge in [-0.1, -0.05) is 52.0 Å². The van der Waals surface area contributed by atoms with Crippen molar-refractivity contribution in [3.05, 3.63) is 36.0 Å². The largest absolute Gasteiger partial charge is 0.457 e. The van der Waals surface area contributed by atoms with Crippen LogP contribution in [0.25, 0.3) is 0 Å². The van der Waals surface area contributed by atoms with Crippen molar-refractivity contribution >= 4 is 12.1 Å². The van der Waals surface area contributed by atoms with Crippen molar-refractivity contribution in [2.45, 2.75) is 123 Å². The van der Waals surface area contributed by atoms with E-state index in [0.717, 1.165) is 12.0 Å². The highest BCUT2D eigenvalue weighted by Crippen LogP contribution is 2.36. The van der Waals surface area contributed by atoms with E-state index in [9.17, 15) is 24.9 Å². The van der Waals surface area contributed by atoms with E-state index in [-0.39, 0.29) is 55.3 Å². The molecule has 10 unspecified atom stereocenters. The van der Waals surface area contributed by atoms with E-state index in [1.165, 1.54) is 0 Å². The van der Waals surface area contributed by atoms with Crippen molar-refractivity contribution in [3.63, 3.8) is 0 Å². The molecule has 228 valence electrons. The Labute approximate surface area is 239 Å². The lowest BCUT2D eigenvalue weighted by molar-refractivity contribution is -0.151. The molecule has 0 radical (unpaired) electrons. The predicted molar refractivity (Wildman–Crippen MR) is 153 cm³/mol. The number of carbonyl (C=O) groups excluding carboxylic acids is 2. The van der Waals surface area contributed by atoms with Crippen LogP contribution in [0.4, 0.5) is 4.79 Å². The third-order valence-corrected chi connectivity index (χ3v) is 7.90. The summed E-state index contributed by atoms with van der Waals surface area (Å²) >= 11 is 0. The van der Waals surface area contributed by atoms with Crippen LogP contribution in [-0.4, -0.2) is 76.2 Å². The molecule has 0 saturated carbocycles. The first kappa shape index (κ1) is 34.0. The fraction of sp³-hybridized carbons (Fsp3) is 0.742. The first-order valence-electron chi connectivity index (χ1n) is 14.7. The van der Waals surface area contributed by atoms with Gasteiger partial charge in [0.15, 0.2) is 6.10 Å². The van der Waals surface area contributed by atoms with Crippen LogP contribution in [0.1, 0.15) is 80.6 Å². The zero-order valence-corrected chi connectivity index (χ0v) is 25.2. The van der Waals surface area contributed by atoms with E-state index in [2.05, 4.69) is 18.3 Å². The number of ether oxygens (including phenoxy) is 3.